The van der Waals surface area contributed by atoms with Crippen molar-refractivity contribution in [2.45, 2.75) is 10.6 Å². The van der Waals surface area contributed by atoms with Crippen LogP contribution in [0.1, 0.15) is 5.56 Å². The zero-order chi connectivity index (χ0) is 15.7. The highest BCUT2D eigenvalue weighted by Gasteiger charge is 2.21. The summed E-state index contributed by atoms with van der Waals surface area (Å²) in [5, 5.41) is 1.09. The number of halogens is 1. The van der Waals surface area contributed by atoms with Crippen molar-refractivity contribution in [2.75, 3.05) is 0 Å². The van der Waals surface area contributed by atoms with E-state index in [9.17, 15) is 13.2 Å². The summed E-state index contributed by atoms with van der Waals surface area (Å²) in [7, 11) is -3.80. The van der Waals surface area contributed by atoms with E-state index in [0.717, 1.165) is 0 Å². The van der Waals surface area contributed by atoms with Crippen LogP contribution in [0.4, 0.5) is 0 Å². The number of para-hydroxylation sites is 1. The van der Waals surface area contributed by atoms with Crippen molar-refractivity contribution in [2.24, 2.45) is 0 Å². The van der Waals surface area contributed by atoms with E-state index >= 15 is 0 Å². The summed E-state index contributed by atoms with van der Waals surface area (Å²) in [5.41, 5.74) is 0.0579. The lowest BCUT2D eigenvalue weighted by Crippen LogP contribution is -2.15. The molecule has 2 aromatic carbocycles. The first-order valence-corrected chi connectivity index (χ1v) is 8.49. The summed E-state index contributed by atoms with van der Waals surface area (Å²) in [6, 6.07) is 14.6. The SMILES string of the molecule is O=c1oc2ccccc2cc1S(=O)(=O)Cc1ccc(Cl)cc1. The van der Waals surface area contributed by atoms with Crippen molar-refractivity contribution >= 4 is 32.4 Å². The standard InChI is InChI=1S/C16H11ClO4S/c17-13-7-5-11(6-8-13)10-22(19,20)15-9-12-3-1-2-4-14(12)21-16(15)18/h1-9H,10H2. The molecule has 112 valence electrons. The molecule has 0 saturated heterocycles. The molecule has 0 spiro atoms. The van der Waals surface area contributed by atoms with Crippen LogP contribution in [0.2, 0.25) is 5.02 Å². The maximum absolute atomic E-state index is 12.5. The average Bonchev–Trinajstić information content (AvgIpc) is 2.48. The van der Waals surface area contributed by atoms with Crippen LogP contribution in [-0.2, 0) is 15.6 Å². The van der Waals surface area contributed by atoms with Crippen molar-refractivity contribution < 1.29 is 12.8 Å². The molecule has 0 aliphatic heterocycles. The molecule has 1 heterocycles. The van der Waals surface area contributed by atoms with E-state index in [2.05, 4.69) is 0 Å². The van der Waals surface area contributed by atoms with Gasteiger partial charge in [-0.3, -0.25) is 0 Å². The van der Waals surface area contributed by atoms with E-state index < -0.39 is 15.5 Å². The highest BCUT2D eigenvalue weighted by atomic mass is 35.5. The molecule has 0 radical (unpaired) electrons. The molecule has 3 rings (SSSR count). The Hall–Kier alpha value is -2.11. The van der Waals surface area contributed by atoms with Gasteiger partial charge in [0, 0.05) is 10.4 Å². The summed E-state index contributed by atoms with van der Waals surface area (Å²) < 4.78 is 30.0. The third-order valence-electron chi connectivity index (χ3n) is 3.21. The summed E-state index contributed by atoms with van der Waals surface area (Å²) in [4.78, 5) is 11.6. The Labute approximate surface area is 131 Å². The van der Waals surface area contributed by atoms with Crippen molar-refractivity contribution in [3.63, 3.8) is 0 Å². The lowest BCUT2D eigenvalue weighted by atomic mass is 10.2. The minimum Gasteiger partial charge on any atom is -0.422 e. The Morgan fingerprint density at radius 1 is 1.00 bits per heavy atom. The van der Waals surface area contributed by atoms with Crippen molar-refractivity contribution in [1.29, 1.82) is 0 Å². The van der Waals surface area contributed by atoms with Gasteiger partial charge in [0.05, 0.1) is 5.75 Å². The first-order chi connectivity index (χ1) is 10.5. The number of sulfone groups is 1. The van der Waals surface area contributed by atoms with E-state index in [4.69, 9.17) is 16.0 Å². The molecule has 22 heavy (non-hydrogen) atoms. The molecule has 0 saturated carbocycles. The molecule has 0 N–H and O–H groups in total. The quantitative estimate of drug-likeness (QED) is 0.688. The Morgan fingerprint density at radius 3 is 2.41 bits per heavy atom. The van der Waals surface area contributed by atoms with Gasteiger partial charge in [0.15, 0.2) is 14.7 Å². The van der Waals surface area contributed by atoms with Gasteiger partial charge in [0.25, 0.3) is 0 Å². The van der Waals surface area contributed by atoms with Gasteiger partial charge >= 0.3 is 5.63 Å². The highest BCUT2D eigenvalue weighted by molar-refractivity contribution is 7.90. The lowest BCUT2D eigenvalue weighted by molar-refractivity contribution is 0.532. The van der Waals surface area contributed by atoms with E-state index in [-0.39, 0.29) is 10.6 Å². The summed E-state index contributed by atoms with van der Waals surface area (Å²) in [5.74, 6) is -0.284. The third-order valence-corrected chi connectivity index (χ3v) is 5.13. The van der Waals surface area contributed by atoms with Crippen LogP contribution < -0.4 is 5.63 Å². The summed E-state index contributed by atoms with van der Waals surface area (Å²) in [6.07, 6.45) is 0. The van der Waals surface area contributed by atoms with E-state index in [1.807, 2.05) is 0 Å². The van der Waals surface area contributed by atoms with E-state index in [0.29, 0.717) is 21.6 Å². The molecular weight excluding hydrogens is 324 g/mol. The molecule has 4 nitrogen and oxygen atoms in total. The molecule has 0 amide bonds. The number of hydrogen-bond acceptors (Lipinski definition) is 4. The van der Waals surface area contributed by atoms with Gasteiger partial charge in [-0.1, -0.05) is 41.9 Å². The van der Waals surface area contributed by atoms with E-state index in [1.54, 1.807) is 48.5 Å². The second-order valence-electron chi connectivity index (χ2n) is 4.82. The topological polar surface area (TPSA) is 64.3 Å². The van der Waals surface area contributed by atoms with Crippen LogP contribution in [0.3, 0.4) is 0 Å². The average molecular weight is 335 g/mol. The summed E-state index contributed by atoms with van der Waals surface area (Å²) >= 11 is 5.78. The van der Waals surface area contributed by atoms with Gasteiger partial charge in [0.1, 0.15) is 5.58 Å². The lowest BCUT2D eigenvalue weighted by Gasteiger charge is -2.05. The Balaban J connectivity index is 2.07. The van der Waals surface area contributed by atoms with Crippen LogP contribution >= 0.6 is 11.6 Å². The third kappa shape index (κ3) is 2.91. The zero-order valence-corrected chi connectivity index (χ0v) is 12.9. The van der Waals surface area contributed by atoms with Crippen LogP contribution in [-0.4, -0.2) is 8.42 Å². The Kier molecular flexibility index (Phi) is 3.76. The molecule has 1 aromatic heterocycles. The molecule has 3 aromatic rings. The minimum atomic E-state index is -3.80. The minimum absolute atomic E-state index is 0.284. The van der Waals surface area contributed by atoms with Gasteiger partial charge in [-0.2, -0.15) is 0 Å². The first kappa shape index (κ1) is 14.8. The van der Waals surface area contributed by atoms with E-state index in [1.165, 1.54) is 6.07 Å². The molecule has 0 aliphatic carbocycles. The molecular formula is C16H11ClO4S. The maximum atomic E-state index is 12.5. The fraction of sp³-hybridized carbons (Fsp3) is 0.0625. The zero-order valence-electron chi connectivity index (χ0n) is 11.3. The predicted octanol–water partition coefficient (Wildman–Crippen LogP) is 3.42. The molecule has 0 fully saturated rings. The highest BCUT2D eigenvalue weighted by Crippen LogP contribution is 2.19. The second kappa shape index (κ2) is 5.59. The van der Waals surface area contributed by atoms with Gasteiger partial charge in [-0.15, -0.1) is 0 Å². The Bertz CT molecular complexity index is 989. The van der Waals surface area contributed by atoms with Crippen LogP contribution in [0.5, 0.6) is 0 Å². The normalized spacial score (nSPS) is 11.7. The van der Waals surface area contributed by atoms with Gasteiger partial charge in [0.2, 0.25) is 0 Å². The fourth-order valence-electron chi connectivity index (χ4n) is 2.14. The van der Waals surface area contributed by atoms with Crippen molar-refractivity contribution in [1.82, 2.24) is 0 Å². The van der Waals surface area contributed by atoms with Crippen LogP contribution in [0, 0.1) is 0 Å². The smallest absolute Gasteiger partial charge is 0.355 e. The maximum Gasteiger partial charge on any atom is 0.355 e. The van der Waals surface area contributed by atoms with Crippen LogP contribution in [0.25, 0.3) is 11.0 Å². The molecule has 0 bridgehead atoms. The van der Waals surface area contributed by atoms with Crippen molar-refractivity contribution in [3.8, 4) is 0 Å². The molecule has 0 aliphatic rings. The number of fused-ring (bicyclic) bond motifs is 1. The fourth-order valence-corrected chi connectivity index (χ4v) is 3.65. The number of rotatable bonds is 3. The largest absolute Gasteiger partial charge is 0.422 e. The first-order valence-electron chi connectivity index (χ1n) is 6.46. The number of benzene rings is 2. The van der Waals surface area contributed by atoms with Gasteiger partial charge in [-0.05, 0) is 29.8 Å². The van der Waals surface area contributed by atoms with Gasteiger partial charge < -0.3 is 4.42 Å². The van der Waals surface area contributed by atoms with Crippen molar-refractivity contribution in [3.05, 3.63) is 75.6 Å². The van der Waals surface area contributed by atoms with Crippen LogP contribution in [0.15, 0.2) is 68.7 Å². The summed E-state index contributed by atoms with van der Waals surface area (Å²) in [6.45, 7) is 0. The second-order valence-corrected chi connectivity index (χ2v) is 7.22. The monoisotopic (exact) mass is 334 g/mol. The number of hydrogen-bond donors (Lipinski definition) is 0. The Morgan fingerprint density at radius 2 is 1.68 bits per heavy atom. The molecule has 0 atom stereocenters. The molecule has 0 unspecified atom stereocenters. The predicted molar refractivity (Wildman–Crippen MR) is 84.8 cm³/mol. The molecule has 6 heteroatoms. The van der Waals surface area contributed by atoms with Gasteiger partial charge in [-0.25, -0.2) is 13.2 Å².